The van der Waals surface area contributed by atoms with Crippen molar-refractivity contribution in [3.8, 4) is 0 Å². The Morgan fingerprint density at radius 1 is 0.857 bits per heavy atom. The van der Waals surface area contributed by atoms with Gasteiger partial charge in [0.1, 0.15) is 0 Å². The molecular weight excluding hydrogens is 266 g/mol. The van der Waals surface area contributed by atoms with Gasteiger partial charge in [-0.25, -0.2) is 0 Å². The van der Waals surface area contributed by atoms with Crippen LogP contribution in [0.25, 0.3) is 0 Å². The van der Waals surface area contributed by atoms with Crippen molar-refractivity contribution in [3.63, 3.8) is 0 Å². The van der Waals surface area contributed by atoms with Gasteiger partial charge in [-0.2, -0.15) is 0 Å². The van der Waals surface area contributed by atoms with Gasteiger partial charge >= 0.3 is 0 Å². The van der Waals surface area contributed by atoms with E-state index in [-0.39, 0.29) is 24.7 Å². The van der Waals surface area contributed by atoms with Crippen molar-refractivity contribution >= 4 is 11.8 Å². The molecule has 5 nitrogen and oxygen atoms in total. The van der Waals surface area contributed by atoms with Crippen molar-refractivity contribution in [2.45, 2.75) is 70.8 Å². The van der Waals surface area contributed by atoms with Gasteiger partial charge in [0.2, 0.25) is 11.8 Å². The molecule has 0 spiro atoms. The molecule has 0 unspecified atom stereocenters. The first-order valence-electron chi connectivity index (χ1n) is 8.49. The number of rotatable bonds is 9. The third-order valence-corrected chi connectivity index (χ3v) is 3.89. The molecule has 0 aromatic carbocycles. The maximum Gasteiger partial charge on any atom is 0.220 e. The predicted octanol–water partition coefficient (Wildman–Crippen LogP) is 1.72. The molecular formula is C16H31N3O2. The summed E-state index contributed by atoms with van der Waals surface area (Å²) in [6.07, 6.45) is 9.33. The van der Waals surface area contributed by atoms with Gasteiger partial charge in [0.15, 0.2) is 0 Å². The monoisotopic (exact) mass is 297 g/mol. The van der Waals surface area contributed by atoms with Crippen molar-refractivity contribution in [2.75, 3.05) is 19.6 Å². The van der Waals surface area contributed by atoms with Crippen molar-refractivity contribution in [1.29, 1.82) is 0 Å². The summed E-state index contributed by atoms with van der Waals surface area (Å²) in [5.41, 5.74) is 0. The second-order valence-electron chi connectivity index (χ2n) is 5.84. The summed E-state index contributed by atoms with van der Waals surface area (Å²) in [6.45, 7) is 4.16. The second kappa shape index (κ2) is 11.5. The zero-order valence-electron chi connectivity index (χ0n) is 13.4. The number of hydrogen-bond acceptors (Lipinski definition) is 3. The SMILES string of the molecule is CCCNC(=O)CCC(=O)NCCNC1CCCCCC1. The molecule has 0 saturated heterocycles. The summed E-state index contributed by atoms with van der Waals surface area (Å²) in [7, 11) is 0. The lowest BCUT2D eigenvalue weighted by molar-refractivity contribution is -0.126. The first-order chi connectivity index (χ1) is 10.2. The minimum Gasteiger partial charge on any atom is -0.356 e. The summed E-state index contributed by atoms with van der Waals surface area (Å²) in [5.74, 6) is -0.0760. The Kier molecular flexibility index (Phi) is 9.87. The van der Waals surface area contributed by atoms with Gasteiger partial charge in [-0.1, -0.05) is 32.6 Å². The fourth-order valence-electron chi connectivity index (χ4n) is 2.63. The van der Waals surface area contributed by atoms with E-state index in [1.54, 1.807) is 0 Å². The van der Waals surface area contributed by atoms with Gasteiger partial charge in [-0.3, -0.25) is 9.59 Å². The molecule has 1 aliphatic carbocycles. The zero-order chi connectivity index (χ0) is 15.3. The summed E-state index contributed by atoms with van der Waals surface area (Å²) < 4.78 is 0. The third-order valence-electron chi connectivity index (χ3n) is 3.89. The van der Waals surface area contributed by atoms with Crippen molar-refractivity contribution in [2.24, 2.45) is 0 Å². The summed E-state index contributed by atoms with van der Waals surface area (Å²) in [4.78, 5) is 23.0. The maximum absolute atomic E-state index is 11.6. The van der Waals surface area contributed by atoms with Crippen LogP contribution in [0.4, 0.5) is 0 Å². The number of amides is 2. The van der Waals surface area contributed by atoms with E-state index in [0.29, 0.717) is 19.1 Å². The lowest BCUT2D eigenvalue weighted by Crippen LogP contribution is -2.37. The maximum atomic E-state index is 11.6. The van der Waals surface area contributed by atoms with E-state index in [9.17, 15) is 9.59 Å². The summed E-state index contributed by atoms with van der Waals surface area (Å²) >= 11 is 0. The largest absolute Gasteiger partial charge is 0.356 e. The van der Waals surface area contributed by atoms with Gasteiger partial charge in [0.25, 0.3) is 0 Å². The van der Waals surface area contributed by atoms with Gasteiger partial charge in [-0.15, -0.1) is 0 Å². The van der Waals surface area contributed by atoms with Crippen LogP contribution in [-0.2, 0) is 9.59 Å². The highest BCUT2D eigenvalue weighted by Gasteiger charge is 2.11. The van der Waals surface area contributed by atoms with Crippen LogP contribution in [0.15, 0.2) is 0 Å². The number of hydrogen-bond donors (Lipinski definition) is 3. The third kappa shape index (κ3) is 9.45. The Morgan fingerprint density at radius 3 is 2.00 bits per heavy atom. The molecule has 21 heavy (non-hydrogen) atoms. The fourth-order valence-corrected chi connectivity index (χ4v) is 2.63. The van der Waals surface area contributed by atoms with Crippen LogP contribution < -0.4 is 16.0 Å². The highest BCUT2D eigenvalue weighted by atomic mass is 16.2. The average molecular weight is 297 g/mol. The van der Waals surface area contributed by atoms with Crippen LogP contribution in [0.3, 0.4) is 0 Å². The molecule has 0 bridgehead atoms. The Bertz CT molecular complexity index is 300. The lowest BCUT2D eigenvalue weighted by Gasteiger charge is -2.16. The van der Waals surface area contributed by atoms with Crippen LogP contribution in [0.5, 0.6) is 0 Å². The minimum absolute atomic E-state index is 0.0377. The van der Waals surface area contributed by atoms with Gasteiger partial charge < -0.3 is 16.0 Å². The summed E-state index contributed by atoms with van der Waals surface area (Å²) in [6, 6.07) is 0.615. The van der Waals surface area contributed by atoms with Gasteiger partial charge in [0.05, 0.1) is 0 Å². The van der Waals surface area contributed by atoms with Gasteiger partial charge in [0, 0.05) is 38.5 Å². The number of carbonyl (C=O) groups is 2. The van der Waals surface area contributed by atoms with E-state index in [0.717, 1.165) is 13.0 Å². The van der Waals surface area contributed by atoms with E-state index < -0.39 is 0 Å². The molecule has 5 heteroatoms. The lowest BCUT2D eigenvalue weighted by atomic mass is 10.1. The minimum atomic E-state index is -0.0384. The average Bonchev–Trinajstić information content (AvgIpc) is 2.76. The Labute approximate surface area is 128 Å². The molecule has 1 aliphatic rings. The normalized spacial score (nSPS) is 16.2. The first-order valence-corrected chi connectivity index (χ1v) is 8.49. The summed E-state index contributed by atoms with van der Waals surface area (Å²) in [5, 5.41) is 9.16. The highest BCUT2D eigenvalue weighted by molar-refractivity contribution is 5.83. The Balaban J connectivity index is 1.98. The highest BCUT2D eigenvalue weighted by Crippen LogP contribution is 2.16. The molecule has 1 saturated carbocycles. The van der Waals surface area contributed by atoms with E-state index in [1.165, 1.54) is 38.5 Å². The van der Waals surface area contributed by atoms with Crippen LogP contribution in [0, 0.1) is 0 Å². The number of nitrogens with one attached hydrogen (secondary N) is 3. The second-order valence-corrected chi connectivity index (χ2v) is 5.84. The molecule has 1 fully saturated rings. The van der Waals surface area contributed by atoms with Crippen molar-refractivity contribution in [1.82, 2.24) is 16.0 Å². The smallest absolute Gasteiger partial charge is 0.220 e. The van der Waals surface area contributed by atoms with E-state index in [4.69, 9.17) is 0 Å². The predicted molar refractivity (Wildman–Crippen MR) is 85.0 cm³/mol. The molecule has 1 rings (SSSR count). The molecule has 3 N–H and O–H groups in total. The van der Waals surface area contributed by atoms with Crippen LogP contribution in [0.2, 0.25) is 0 Å². The molecule has 0 aromatic heterocycles. The number of carbonyl (C=O) groups excluding carboxylic acids is 2. The van der Waals surface area contributed by atoms with E-state index in [1.807, 2.05) is 6.92 Å². The molecule has 2 amide bonds. The van der Waals surface area contributed by atoms with Crippen molar-refractivity contribution in [3.05, 3.63) is 0 Å². The quantitative estimate of drug-likeness (QED) is 0.448. The van der Waals surface area contributed by atoms with Crippen LogP contribution in [-0.4, -0.2) is 37.5 Å². The van der Waals surface area contributed by atoms with Gasteiger partial charge in [-0.05, 0) is 19.3 Å². The topological polar surface area (TPSA) is 70.2 Å². The standard InChI is InChI=1S/C16H31N3O2/c1-2-11-18-15(20)9-10-16(21)19-13-12-17-14-7-5-3-4-6-8-14/h14,17H,2-13H2,1H3,(H,18,20)(H,19,21). The van der Waals surface area contributed by atoms with E-state index >= 15 is 0 Å². The molecule has 0 heterocycles. The zero-order valence-corrected chi connectivity index (χ0v) is 13.4. The molecule has 0 radical (unpaired) electrons. The van der Waals surface area contributed by atoms with Crippen LogP contribution >= 0.6 is 0 Å². The van der Waals surface area contributed by atoms with Crippen molar-refractivity contribution < 1.29 is 9.59 Å². The Hall–Kier alpha value is -1.10. The molecule has 0 aromatic rings. The molecule has 122 valence electrons. The van der Waals surface area contributed by atoms with E-state index in [2.05, 4.69) is 16.0 Å². The molecule has 0 atom stereocenters. The Morgan fingerprint density at radius 2 is 1.43 bits per heavy atom. The van der Waals surface area contributed by atoms with Crippen LogP contribution in [0.1, 0.15) is 64.7 Å². The first kappa shape index (κ1) is 18.0. The fraction of sp³-hybridized carbons (Fsp3) is 0.875. The molecule has 0 aliphatic heterocycles.